The lowest BCUT2D eigenvalue weighted by Gasteiger charge is -2.54. The number of hydrogen-bond donors (Lipinski definition) is 8. The van der Waals surface area contributed by atoms with Gasteiger partial charge in [0.15, 0.2) is 11.7 Å². The summed E-state index contributed by atoms with van der Waals surface area (Å²) in [5, 5.41) is 82.7. The van der Waals surface area contributed by atoms with Crippen LogP contribution in [0.1, 0.15) is 96.8 Å². The van der Waals surface area contributed by atoms with Crippen LogP contribution in [0.3, 0.4) is 0 Å². The van der Waals surface area contributed by atoms with Gasteiger partial charge in [-0.05, 0) is 32.1 Å². The van der Waals surface area contributed by atoms with Crippen LogP contribution in [-0.2, 0) is 19.0 Å². The van der Waals surface area contributed by atoms with Gasteiger partial charge in [0, 0.05) is 6.42 Å². The molecule has 2 aliphatic heterocycles. The number of ether oxygens (including phenoxy) is 3. The van der Waals surface area contributed by atoms with E-state index >= 15 is 0 Å². The van der Waals surface area contributed by atoms with E-state index in [-0.39, 0.29) is 6.42 Å². The first kappa shape index (κ1) is 37.0. The van der Waals surface area contributed by atoms with E-state index in [1.54, 1.807) is 0 Å². The Balaban J connectivity index is 1.90. The highest BCUT2D eigenvalue weighted by molar-refractivity contribution is 5.70. The van der Waals surface area contributed by atoms with Gasteiger partial charge < -0.3 is 55.1 Å². The summed E-state index contributed by atoms with van der Waals surface area (Å²) in [6.07, 6.45) is 5.17. The predicted molar refractivity (Wildman–Crippen MR) is 152 cm³/mol. The van der Waals surface area contributed by atoms with Crippen molar-refractivity contribution in [3.05, 3.63) is 12.2 Å². The van der Waals surface area contributed by atoms with Crippen LogP contribution in [-0.4, -0.2) is 121 Å². The Hall–Kier alpha value is -1.19. The zero-order valence-corrected chi connectivity index (χ0v) is 24.9. The fourth-order valence-corrected chi connectivity index (χ4v) is 5.79. The molecule has 2 saturated heterocycles. The molecule has 0 bridgehead atoms. The minimum absolute atomic E-state index is 0.137. The molecule has 2 fully saturated rings. The standard InChI is InChI=1S/C30H54O12/c1-2-3-4-5-6-7-8-9-10-11-12-13-14-15-16-17-23(34)42-30(28(39)26(37)24(35)21(18-31)41-30)29(20-33)27(38)25(36)22(19-32)40-29/h9-10,21-22,24-28,31-33,35-39H,2-8,11-20H2,1H3/b10-9+. The van der Waals surface area contributed by atoms with Crippen LogP contribution in [0, 0.1) is 0 Å². The zero-order chi connectivity index (χ0) is 31.2. The van der Waals surface area contributed by atoms with Gasteiger partial charge in [-0.15, -0.1) is 0 Å². The minimum atomic E-state index is -2.84. The van der Waals surface area contributed by atoms with Crippen molar-refractivity contribution in [2.75, 3.05) is 19.8 Å². The molecule has 0 aromatic rings. The van der Waals surface area contributed by atoms with Crippen molar-refractivity contribution in [2.24, 2.45) is 0 Å². The van der Waals surface area contributed by atoms with Gasteiger partial charge in [-0.3, -0.25) is 4.79 Å². The molecule has 0 amide bonds. The maximum absolute atomic E-state index is 13.0. The highest BCUT2D eigenvalue weighted by Crippen LogP contribution is 2.48. The average Bonchev–Trinajstić information content (AvgIpc) is 3.25. The molecule has 42 heavy (non-hydrogen) atoms. The Morgan fingerprint density at radius 1 is 0.690 bits per heavy atom. The minimum Gasteiger partial charge on any atom is -0.427 e. The highest BCUT2D eigenvalue weighted by atomic mass is 16.8. The summed E-state index contributed by atoms with van der Waals surface area (Å²) in [4.78, 5) is 13.0. The number of unbranched alkanes of at least 4 members (excludes halogenated alkanes) is 11. The molecule has 2 aliphatic rings. The van der Waals surface area contributed by atoms with E-state index in [1.807, 2.05) is 0 Å². The predicted octanol–water partition coefficient (Wildman–Crippen LogP) is 0.581. The van der Waals surface area contributed by atoms with E-state index in [0.29, 0.717) is 12.8 Å². The van der Waals surface area contributed by atoms with Crippen LogP contribution >= 0.6 is 0 Å². The molecule has 0 aromatic carbocycles. The smallest absolute Gasteiger partial charge is 0.308 e. The first-order chi connectivity index (χ1) is 20.2. The van der Waals surface area contributed by atoms with Crippen LogP contribution in [0.5, 0.6) is 0 Å². The van der Waals surface area contributed by atoms with E-state index < -0.39 is 79.9 Å². The van der Waals surface area contributed by atoms with E-state index in [0.717, 1.165) is 32.1 Å². The molecule has 0 aliphatic carbocycles. The zero-order valence-electron chi connectivity index (χ0n) is 24.9. The van der Waals surface area contributed by atoms with Gasteiger partial charge in [-0.25, -0.2) is 0 Å². The molecule has 0 saturated carbocycles. The SMILES string of the molecule is CCCCCCCC/C=C/CCCCCCCC(=O)OC1(C2(CO)OC(CO)C(O)C2O)OC(CO)C(O)C(O)C1O. The summed E-state index contributed by atoms with van der Waals surface area (Å²) in [6.45, 7) is -0.652. The molecule has 0 radical (unpaired) electrons. The van der Waals surface area contributed by atoms with Crippen molar-refractivity contribution in [2.45, 2.75) is 151 Å². The molecule has 12 nitrogen and oxygen atoms in total. The summed E-state index contributed by atoms with van der Waals surface area (Å²) in [5.74, 6) is -3.76. The maximum atomic E-state index is 13.0. The van der Waals surface area contributed by atoms with Crippen LogP contribution in [0.25, 0.3) is 0 Å². The summed E-state index contributed by atoms with van der Waals surface area (Å²) in [6, 6.07) is 0. The van der Waals surface area contributed by atoms with E-state index in [2.05, 4.69) is 19.1 Å². The van der Waals surface area contributed by atoms with Crippen molar-refractivity contribution in [1.29, 1.82) is 0 Å². The Bertz CT molecular complexity index is 794. The third kappa shape index (κ3) is 8.93. The number of hydrogen-bond acceptors (Lipinski definition) is 12. The Morgan fingerprint density at radius 2 is 1.21 bits per heavy atom. The second kappa shape index (κ2) is 18.6. The van der Waals surface area contributed by atoms with Crippen LogP contribution in [0.2, 0.25) is 0 Å². The molecule has 0 spiro atoms. The van der Waals surface area contributed by atoms with E-state index in [1.165, 1.54) is 38.5 Å². The molecule has 2 heterocycles. The first-order valence-corrected chi connectivity index (χ1v) is 15.6. The monoisotopic (exact) mass is 606 g/mol. The van der Waals surface area contributed by atoms with Gasteiger partial charge >= 0.3 is 5.97 Å². The molecule has 8 N–H and O–H groups in total. The molecule has 9 unspecified atom stereocenters. The summed E-state index contributed by atoms with van der Waals surface area (Å²) >= 11 is 0. The number of esters is 1. The molecule has 0 aromatic heterocycles. The van der Waals surface area contributed by atoms with Gasteiger partial charge in [0.2, 0.25) is 0 Å². The van der Waals surface area contributed by atoms with Crippen molar-refractivity contribution < 1.29 is 59.9 Å². The second-order valence-corrected chi connectivity index (χ2v) is 11.6. The van der Waals surface area contributed by atoms with Gasteiger partial charge in [-0.2, -0.15) is 0 Å². The Morgan fingerprint density at radius 3 is 1.74 bits per heavy atom. The lowest BCUT2D eigenvalue weighted by molar-refractivity contribution is -0.415. The lowest BCUT2D eigenvalue weighted by Crippen LogP contribution is -2.78. The number of carbonyl (C=O) groups excluding carboxylic acids is 1. The van der Waals surface area contributed by atoms with E-state index in [9.17, 15) is 45.6 Å². The highest BCUT2D eigenvalue weighted by Gasteiger charge is 2.74. The Labute approximate surface area is 248 Å². The number of rotatable bonds is 20. The van der Waals surface area contributed by atoms with E-state index in [4.69, 9.17) is 14.2 Å². The number of carbonyl (C=O) groups is 1. The van der Waals surface area contributed by atoms with Crippen LogP contribution < -0.4 is 0 Å². The normalized spacial score (nSPS) is 35.2. The summed E-state index contributed by atoms with van der Waals surface area (Å²) < 4.78 is 16.7. The summed E-state index contributed by atoms with van der Waals surface area (Å²) in [7, 11) is 0. The fourth-order valence-electron chi connectivity index (χ4n) is 5.79. The average molecular weight is 607 g/mol. The van der Waals surface area contributed by atoms with Crippen molar-refractivity contribution >= 4 is 5.97 Å². The van der Waals surface area contributed by atoms with Crippen molar-refractivity contribution in [3.8, 4) is 0 Å². The summed E-state index contributed by atoms with van der Waals surface area (Å²) in [5.41, 5.74) is -2.56. The van der Waals surface area contributed by atoms with Gasteiger partial charge in [0.05, 0.1) is 19.8 Å². The number of aliphatic hydroxyl groups excluding tert-OH is 8. The molecular weight excluding hydrogens is 552 g/mol. The lowest BCUT2D eigenvalue weighted by atomic mass is 9.78. The largest absolute Gasteiger partial charge is 0.427 e. The van der Waals surface area contributed by atoms with Crippen LogP contribution in [0.4, 0.5) is 0 Å². The third-order valence-corrected chi connectivity index (χ3v) is 8.41. The van der Waals surface area contributed by atoms with Crippen molar-refractivity contribution in [3.63, 3.8) is 0 Å². The van der Waals surface area contributed by atoms with Gasteiger partial charge in [0.25, 0.3) is 5.79 Å². The van der Waals surface area contributed by atoms with Gasteiger partial charge in [-0.1, -0.05) is 70.4 Å². The quantitative estimate of drug-likeness (QED) is 0.0544. The maximum Gasteiger partial charge on any atom is 0.308 e. The molecule has 246 valence electrons. The number of aliphatic hydroxyl groups is 8. The number of allylic oxidation sites excluding steroid dienone is 2. The molecular formula is C30H54O12. The Kier molecular flexibility index (Phi) is 16.4. The molecule has 9 atom stereocenters. The molecule has 12 heteroatoms. The molecule has 2 rings (SSSR count). The fraction of sp³-hybridized carbons (Fsp3) is 0.900. The topological polar surface area (TPSA) is 207 Å². The van der Waals surface area contributed by atoms with Gasteiger partial charge in [0.1, 0.15) is 36.6 Å². The van der Waals surface area contributed by atoms with Crippen molar-refractivity contribution in [1.82, 2.24) is 0 Å². The second-order valence-electron chi connectivity index (χ2n) is 11.6. The first-order valence-electron chi connectivity index (χ1n) is 15.6. The van der Waals surface area contributed by atoms with Crippen LogP contribution in [0.15, 0.2) is 12.2 Å². The third-order valence-electron chi connectivity index (χ3n) is 8.41.